The number of halogens is 1. The highest BCUT2D eigenvalue weighted by Crippen LogP contribution is 2.26. The molecule has 4 heteroatoms. The van der Waals surface area contributed by atoms with Crippen LogP contribution in [0, 0.1) is 5.82 Å². The fraction of sp³-hybridized carbons (Fsp3) is 0.647. The molecule has 1 aromatic carbocycles. The summed E-state index contributed by atoms with van der Waals surface area (Å²) in [6, 6.07) is 5.03. The van der Waals surface area contributed by atoms with Crippen LogP contribution in [0.1, 0.15) is 39.7 Å². The van der Waals surface area contributed by atoms with E-state index in [2.05, 4.69) is 32.6 Å². The molecular formula is C17H29FN2O. The van der Waals surface area contributed by atoms with Crippen LogP contribution in [-0.4, -0.2) is 36.7 Å². The molecule has 3 nitrogen and oxygen atoms in total. The average molecular weight is 296 g/mol. The first-order valence-corrected chi connectivity index (χ1v) is 7.75. The van der Waals surface area contributed by atoms with Crippen molar-refractivity contribution in [1.29, 1.82) is 0 Å². The zero-order valence-corrected chi connectivity index (χ0v) is 13.9. The van der Waals surface area contributed by atoms with E-state index in [1.165, 1.54) is 13.2 Å². The number of methoxy groups -OCH3 is 1. The van der Waals surface area contributed by atoms with Crippen LogP contribution in [0.15, 0.2) is 18.2 Å². The van der Waals surface area contributed by atoms with E-state index in [4.69, 9.17) is 10.5 Å². The van der Waals surface area contributed by atoms with E-state index in [0.717, 1.165) is 25.1 Å². The van der Waals surface area contributed by atoms with E-state index < -0.39 is 0 Å². The first-order chi connectivity index (χ1) is 9.92. The number of rotatable bonds is 8. The number of nitrogens with zero attached hydrogens (tertiary/aromatic N) is 1. The Labute approximate surface area is 128 Å². The van der Waals surface area contributed by atoms with Gasteiger partial charge in [0.2, 0.25) is 0 Å². The highest BCUT2D eigenvalue weighted by atomic mass is 19.1. The molecule has 0 amide bonds. The molecule has 0 aliphatic heterocycles. The lowest BCUT2D eigenvalue weighted by Crippen LogP contribution is -2.58. The lowest BCUT2D eigenvalue weighted by Gasteiger charge is -2.44. The van der Waals surface area contributed by atoms with Gasteiger partial charge in [0.1, 0.15) is 0 Å². The van der Waals surface area contributed by atoms with Gasteiger partial charge in [-0.25, -0.2) is 4.39 Å². The Bertz CT molecular complexity index is 448. The second-order valence-corrected chi connectivity index (χ2v) is 5.66. The Morgan fingerprint density at radius 2 is 1.90 bits per heavy atom. The maximum Gasteiger partial charge on any atom is 0.165 e. The molecule has 0 saturated heterocycles. The largest absolute Gasteiger partial charge is 0.494 e. The Balaban J connectivity index is 2.92. The summed E-state index contributed by atoms with van der Waals surface area (Å²) in [5.74, 6) is -0.0578. The van der Waals surface area contributed by atoms with Crippen molar-refractivity contribution in [1.82, 2.24) is 4.90 Å². The molecule has 2 unspecified atom stereocenters. The summed E-state index contributed by atoms with van der Waals surface area (Å²) >= 11 is 0. The topological polar surface area (TPSA) is 38.5 Å². The molecule has 0 radical (unpaired) electrons. The van der Waals surface area contributed by atoms with E-state index in [1.54, 1.807) is 6.07 Å². The van der Waals surface area contributed by atoms with Crippen molar-refractivity contribution in [2.45, 2.75) is 52.1 Å². The molecule has 0 saturated carbocycles. The summed E-state index contributed by atoms with van der Waals surface area (Å²) in [5.41, 5.74) is 7.30. The van der Waals surface area contributed by atoms with Crippen molar-refractivity contribution in [3.8, 4) is 5.75 Å². The van der Waals surface area contributed by atoms with Crippen LogP contribution in [0.25, 0.3) is 0 Å². The molecule has 2 atom stereocenters. The molecule has 0 aliphatic rings. The molecule has 2 N–H and O–H groups in total. The molecule has 0 aliphatic carbocycles. The van der Waals surface area contributed by atoms with E-state index in [1.807, 2.05) is 6.07 Å². The molecule has 0 aromatic heterocycles. The van der Waals surface area contributed by atoms with Crippen molar-refractivity contribution < 1.29 is 9.13 Å². The number of hydrogen-bond acceptors (Lipinski definition) is 3. The van der Waals surface area contributed by atoms with E-state index in [-0.39, 0.29) is 23.1 Å². The Morgan fingerprint density at radius 1 is 1.29 bits per heavy atom. The smallest absolute Gasteiger partial charge is 0.165 e. The van der Waals surface area contributed by atoms with Crippen LogP contribution in [0.2, 0.25) is 0 Å². The van der Waals surface area contributed by atoms with Gasteiger partial charge in [0, 0.05) is 11.6 Å². The van der Waals surface area contributed by atoms with Gasteiger partial charge in [-0.1, -0.05) is 26.8 Å². The van der Waals surface area contributed by atoms with Gasteiger partial charge in [0.25, 0.3) is 0 Å². The highest BCUT2D eigenvalue weighted by Gasteiger charge is 2.34. The van der Waals surface area contributed by atoms with Crippen LogP contribution in [0.3, 0.4) is 0 Å². The summed E-state index contributed by atoms with van der Waals surface area (Å²) < 4.78 is 18.7. The minimum absolute atomic E-state index is 0.0461. The molecule has 21 heavy (non-hydrogen) atoms. The molecule has 0 fully saturated rings. The third kappa shape index (κ3) is 3.95. The Hall–Kier alpha value is -1.13. The number of hydrogen-bond donors (Lipinski definition) is 1. The third-order valence-electron chi connectivity index (χ3n) is 4.67. The predicted octanol–water partition coefficient (Wildman–Crippen LogP) is 3.21. The van der Waals surface area contributed by atoms with Gasteiger partial charge in [0.05, 0.1) is 7.11 Å². The second kappa shape index (κ2) is 7.76. The molecule has 0 bridgehead atoms. The van der Waals surface area contributed by atoms with E-state index in [0.29, 0.717) is 6.42 Å². The summed E-state index contributed by atoms with van der Waals surface area (Å²) in [6.45, 7) is 10.6. The van der Waals surface area contributed by atoms with Gasteiger partial charge in [-0.05, 0) is 50.6 Å². The van der Waals surface area contributed by atoms with Crippen molar-refractivity contribution in [2.24, 2.45) is 5.73 Å². The van der Waals surface area contributed by atoms with Gasteiger partial charge < -0.3 is 10.5 Å². The predicted molar refractivity (Wildman–Crippen MR) is 86.2 cm³/mol. The standard InChI is InChI=1S/C17H29FN2O/c1-6-17(4,20(7-2)8-3)16(19)12-13-9-10-15(21-5)14(18)11-13/h9-11,16H,6-8,12,19H2,1-5H3. The quantitative estimate of drug-likeness (QED) is 0.800. The average Bonchev–Trinajstić information content (AvgIpc) is 2.48. The lowest BCUT2D eigenvalue weighted by molar-refractivity contribution is 0.0845. The maximum atomic E-state index is 13.8. The number of nitrogens with two attached hydrogens (primary N) is 1. The van der Waals surface area contributed by atoms with Crippen molar-refractivity contribution in [2.75, 3.05) is 20.2 Å². The summed E-state index contributed by atoms with van der Waals surface area (Å²) in [6.07, 6.45) is 1.62. The third-order valence-corrected chi connectivity index (χ3v) is 4.67. The molecule has 1 rings (SSSR count). The number of likely N-dealkylation sites (N-methyl/N-ethyl adjacent to an activating group) is 1. The van der Waals surface area contributed by atoms with Gasteiger partial charge in [-0.15, -0.1) is 0 Å². The SMILES string of the molecule is CCN(CC)C(C)(CC)C(N)Cc1ccc(OC)c(F)c1. The monoisotopic (exact) mass is 296 g/mol. The first-order valence-electron chi connectivity index (χ1n) is 7.75. The Morgan fingerprint density at radius 3 is 2.33 bits per heavy atom. The summed E-state index contributed by atoms with van der Waals surface area (Å²) in [7, 11) is 1.47. The van der Waals surface area contributed by atoms with E-state index in [9.17, 15) is 4.39 Å². The maximum absolute atomic E-state index is 13.8. The van der Waals surface area contributed by atoms with Crippen LogP contribution in [0.4, 0.5) is 4.39 Å². The molecule has 0 heterocycles. The number of ether oxygens (including phenoxy) is 1. The fourth-order valence-corrected chi connectivity index (χ4v) is 2.98. The van der Waals surface area contributed by atoms with Crippen molar-refractivity contribution in [3.05, 3.63) is 29.6 Å². The zero-order chi connectivity index (χ0) is 16.0. The minimum atomic E-state index is -0.330. The van der Waals surface area contributed by atoms with Crippen LogP contribution >= 0.6 is 0 Å². The van der Waals surface area contributed by atoms with Gasteiger partial charge in [-0.2, -0.15) is 0 Å². The van der Waals surface area contributed by atoms with Crippen LogP contribution in [0.5, 0.6) is 5.75 Å². The van der Waals surface area contributed by atoms with Gasteiger partial charge in [-0.3, -0.25) is 4.90 Å². The lowest BCUT2D eigenvalue weighted by atomic mass is 9.84. The van der Waals surface area contributed by atoms with E-state index >= 15 is 0 Å². The zero-order valence-electron chi connectivity index (χ0n) is 13.9. The normalized spacial score (nSPS) is 15.8. The molecule has 0 spiro atoms. The molecule has 1 aromatic rings. The van der Waals surface area contributed by atoms with Gasteiger partial charge >= 0.3 is 0 Å². The molecular weight excluding hydrogens is 267 g/mol. The minimum Gasteiger partial charge on any atom is -0.494 e. The highest BCUT2D eigenvalue weighted by molar-refractivity contribution is 5.30. The fourth-order valence-electron chi connectivity index (χ4n) is 2.98. The van der Waals surface area contributed by atoms with Crippen molar-refractivity contribution >= 4 is 0 Å². The van der Waals surface area contributed by atoms with Crippen LogP contribution in [-0.2, 0) is 6.42 Å². The number of benzene rings is 1. The first kappa shape index (κ1) is 17.9. The summed E-state index contributed by atoms with van der Waals surface area (Å²) in [4.78, 5) is 2.39. The summed E-state index contributed by atoms with van der Waals surface area (Å²) in [5, 5.41) is 0. The molecule has 120 valence electrons. The Kier molecular flexibility index (Phi) is 6.62. The van der Waals surface area contributed by atoms with Gasteiger partial charge in [0.15, 0.2) is 11.6 Å². The van der Waals surface area contributed by atoms with Crippen molar-refractivity contribution in [3.63, 3.8) is 0 Å². The van der Waals surface area contributed by atoms with Crippen LogP contribution < -0.4 is 10.5 Å². The second-order valence-electron chi connectivity index (χ2n) is 5.66.